The molecule has 3 saturated heterocycles. The Labute approximate surface area is 163 Å². The van der Waals surface area contributed by atoms with E-state index in [1.54, 1.807) is 0 Å². The molecule has 7 heteroatoms. The van der Waals surface area contributed by atoms with Crippen LogP contribution in [0.1, 0.15) is 54.4 Å². The maximum Gasteiger partial charge on any atom is 0.190 e. The van der Waals surface area contributed by atoms with Gasteiger partial charge < -0.3 is 33.3 Å². The lowest BCUT2D eigenvalue weighted by Crippen LogP contribution is -2.45. The molecule has 3 fully saturated rings. The Morgan fingerprint density at radius 1 is 0.889 bits per heavy atom. The van der Waals surface area contributed by atoms with E-state index in [4.69, 9.17) is 28.4 Å². The maximum absolute atomic E-state index is 6.32. The largest absolute Gasteiger partial charge is 0.371 e. The molecule has 0 aliphatic carbocycles. The predicted molar refractivity (Wildman–Crippen MR) is 100 cm³/mol. The topological polar surface area (TPSA) is 58.6 Å². The maximum atomic E-state index is 6.32. The molecule has 3 rings (SSSR count). The minimum absolute atomic E-state index is 0.187. The van der Waals surface area contributed by atoms with Gasteiger partial charge in [-0.3, -0.25) is 0 Å². The Bertz CT molecular complexity index is 479. The second kappa shape index (κ2) is 8.61. The number of hydrogen-bond acceptors (Lipinski definition) is 7. The number of nitrogens with zero attached hydrogens (tertiary/aromatic N) is 1. The van der Waals surface area contributed by atoms with Gasteiger partial charge in [0.15, 0.2) is 17.9 Å². The van der Waals surface area contributed by atoms with Crippen molar-refractivity contribution in [3.63, 3.8) is 0 Å². The number of hydrogen-bond donors (Lipinski definition) is 0. The van der Waals surface area contributed by atoms with Crippen LogP contribution in [0.15, 0.2) is 0 Å². The highest BCUT2D eigenvalue weighted by Crippen LogP contribution is 2.41. The summed E-state index contributed by atoms with van der Waals surface area (Å²) in [7, 11) is 0. The van der Waals surface area contributed by atoms with Crippen molar-refractivity contribution in [2.75, 3.05) is 32.8 Å². The predicted octanol–water partition coefficient (Wildman–Crippen LogP) is 2.52. The molecule has 7 nitrogen and oxygen atoms in total. The van der Waals surface area contributed by atoms with E-state index in [-0.39, 0.29) is 24.4 Å². The van der Waals surface area contributed by atoms with Crippen LogP contribution >= 0.6 is 0 Å². The standard InChI is InChI=1S/C20H37NO6/c1-7-9-21(10-8-2)11-12-22-16-15(14-13-23-19(3,4)25-14)24-18-17(16)26-20(5,6)27-18/h14-18H,7-13H2,1-6H3/t14-,15-,16+,17-,18-/m1/s1. The van der Waals surface area contributed by atoms with Gasteiger partial charge in [0.1, 0.15) is 24.4 Å². The Hall–Kier alpha value is -0.280. The van der Waals surface area contributed by atoms with Crippen LogP contribution in [0, 0.1) is 0 Å². The molecule has 5 atom stereocenters. The fourth-order valence-electron chi connectivity index (χ4n) is 4.16. The van der Waals surface area contributed by atoms with E-state index in [9.17, 15) is 0 Å². The van der Waals surface area contributed by atoms with Gasteiger partial charge in [-0.05, 0) is 53.6 Å². The molecule has 27 heavy (non-hydrogen) atoms. The number of ether oxygens (including phenoxy) is 6. The van der Waals surface area contributed by atoms with Crippen molar-refractivity contribution in [3.05, 3.63) is 0 Å². The van der Waals surface area contributed by atoms with Crippen LogP contribution in [0.2, 0.25) is 0 Å². The summed E-state index contributed by atoms with van der Waals surface area (Å²) in [6.07, 6.45) is 0.940. The number of rotatable bonds is 9. The van der Waals surface area contributed by atoms with Crippen LogP contribution in [0.25, 0.3) is 0 Å². The lowest BCUT2D eigenvalue weighted by Gasteiger charge is -2.30. The zero-order chi connectivity index (χ0) is 19.7. The summed E-state index contributed by atoms with van der Waals surface area (Å²) < 4.78 is 36.3. The highest BCUT2D eigenvalue weighted by atomic mass is 16.8. The van der Waals surface area contributed by atoms with Crippen molar-refractivity contribution < 1.29 is 28.4 Å². The van der Waals surface area contributed by atoms with Crippen molar-refractivity contribution in [3.8, 4) is 0 Å². The number of fused-ring (bicyclic) bond motifs is 1. The molecule has 3 heterocycles. The van der Waals surface area contributed by atoms with Gasteiger partial charge in [0.2, 0.25) is 0 Å². The molecule has 0 saturated carbocycles. The van der Waals surface area contributed by atoms with Crippen LogP contribution in [0.4, 0.5) is 0 Å². The normalized spacial score (nSPS) is 37.2. The van der Waals surface area contributed by atoms with Gasteiger partial charge in [0.25, 0.3) is 0 Å². The molecule has 0 N–H and O–H groups in total. The third-order valence-electron chi connectivity index (χ3n) is 5.22. The average molecular weight is 388 g/mol. The molecule has 0 spiro atoms. The van der Waals surface area contributed by atoms with Crippen molar-refractivity contribution in [1.29, 1.82) is 0 Å². The summed E-state index contributed by atoms with van der Waals surface area (Å²) in [5.74, 6) is -1.26. The fourth-order valence-corrected chi connectivity index (χ4v) is 4.16. The van der Waals surface area contributed by atoms with E-state index in [2.05, 4.69) is 18.7 Å². The van der Waals surface area contributed by atoms with Crippen molar-refractivity contribution in [2.45, 2.75) is 96.7 Å². The van der Waals surface area contributed by atoms with Crippen molar-refractivity contribution in [2.24, 2.45) is 0 Å². The van der Waals surface area contributed by atoms with Crippen molar-refractivity contribution in [1.82, 2.24) is 4.90 Å². The SMILES string of the molecule is CCCN(CCC)CCO[C@@H]1[C@H]2OC(C)(C)O[C@H]2O[C@@H]1[C@H]1COC(C)(C)O1. The van der Waals surface area contributed by atoms with Gasteiger partial charge in [-0.15, -0.1) is 0 Å². The first-order valence-corrected chi connectivity index (χ1v) is 10.4. The summed E-state index contributed by atoms with van der Waals surface area (Å²) in [5, 5.41) is 0. The van der Waals surface area contributed by atoms with Crippen LogP contribution < -0.4 is 0 Å². The molecule has 0 amide bonds. The van der Waals surface area contributed by atoms with Crippen molar-refractivity contribution >= 4 is 0 Å². The monoisotopic (exact) mass is 387 g/mol. The molecular formula is C20H37NO6. The smallest absolute Gasteiger partial charge is 0.190 e. The van der Waals surface area contributed by atoms with Gasteiger partial charge in [-0.2, -0.15) is 0 Å². The van der Waals surface area contributed by atoms with E-state index >= 15 is 0 Å². The third kappa shape index (κ3) is 5.21. The summed E-state index contributed by atoms with van der Waals surface area (Å²) in [4.78, 5) is 2.44. The quantitative estimate of drug-likeness (QED) is 0.602. The first kappa shape index (κ1) is 21.4. The summed E-state index contributed by atoms with van der Waals surface area (Å²) in [5.41, 5.74) is 0. The summed E-state index contributed by atoms with van der Waals surface area (Å²) in [6, 6.07) is 0. The Balaban J connectivity index is 1.62. The Morgan fingerprint density at radius 2 is 1.59 bits per heavy atom. The highest BCUT2D eigenvalue weighted by molar-refractivity contribution is 4.98. The molecule has 3 aliphatic rings. The van der Waals surface area contributed by atoms with Gasteiger partial charge in [0, 0.05) is 6.54 Å². The first-order chi connectivity index (χ1) is 12.7. The zero-order valence-corrected chi connectivity index (χ0v) is 17.7. The van der Waals surface area contributed by atoms with Gasteiger partial charge in [-0.1, -0.05) is 13.8 Å². The van der Waals surface area contributed by atoms with Crippen LogP contribution in [-0.2, 0) is 28.4 Å². The molecule has 0 aromatic heterocycles. The van der Waals surface area contributed by atoms with Gasteiger partial charge in [-0.25, -0.2) is 0 Å². The van der Waals surface area contributed by atoms with Crippen LogP contribution in [0.3, 0.4) is 0 Å². The molecule has 0 aromatic rings. The van der Waals surface area contributed by atoms with Crippen LogP contribution in [-0.4, -0.2) is 80.0 Å². The molecule has 0 bridgehead atoms. The summed E-state index contributed by atoms with van der Waals surface area (Å²) >= 11 is 0. The third-order valence-corrected chi connectivity index (χ3v) is 5.22. The molecular weight excluding hydrogens is 350 g/mol. The van der Waals surface area contributed by atoms with E-state index in [0.717, 1.165) is 32.5 Å². The van der Waals surface area contributed by atoms with Gasteiger partial charge >= 0.3 is 0 Å². The second-order valence-electron chi connectivity index (χ2n) is 8.61. The average Bonchev–Trinajstić information content (AvgIpc) is 3.18. The van der Waals surface area contributed by atoms with E-state index in [1.165, 1.54) is 0 Å². The van der Waals surface area contributed by atoms with E-state index < -0.39 is 17.9 Å². The van der Waals surface area contributed by atoms with E-state index in [1.807, 2.05) is 27.7 Å². The minimum Gasteiger partial charge on any atom is -0.371 e. The van der Waals surface area contributed by atoms with Gasteiger partial charge in [0.05, 0.1) is 13.2 Å². The molecule has 0 radical (unpaired) electrons. The lowest BCUT2D eigenvalue weighted by atomic mass is 10.1. The molecule has 0 aromatic carbocycles. The fraction of sp³-hybridized carbons (Fsp3) is 1.00. The Kier molecular flexibility index (Phi) is 6.84. The zero-order valence-electron chi connectivity index (χ0n) is 17.7. The second-order valence-corrected chi connectivity index (χ2v) is 8.61. The Morgan fingerprint density at radius 3 is 2.19 bits per heavy atom. The van der Waals surface area contributed by atoms with Crippen LogP contribution in [0.5, 0.6) is 0 Å². The molecule has 0 unspecified atom stereocenters. The highest BCUT2D eigenvalue weighted by Gasteiger charge is 2.58. The lowest BCUT2D eigenvalue weighted by molar-refractivity contribution is -0.236. The first-order valence-electron chi connectivity index (χ1n) is 10.4. The summed E-state index contributed by atoms with van der Waals surface area (Å²) in [6.45, 7) is 16.3. The molecule has 3 aliphatic heterocycles. The van der Waals surface area contributed by atoms with E-state index in [0.29, 0.717) is 13.2 Å². The molecule has 158 valence electrons. The minimum atomic E-state index is -0.662.